The highest BCUT2D eigenvalue weighted by molar-refractivity contribution is 6.05. The Kier molecular flexibility index (Phi) is 4.57. The van der Waals surface area contributed by atoms with E-state index in [9.17, 15) is 0 Å². The molecule has 0 unspecified atom stereocenters. The molecule has 24 heavy (non-hydrogen) atoms. The Labute approximate surface area is 144 Å². The zero-order valence-electron chi connectivity index (χ0n) is 14.8. The minimum absolute atomic E-state index is 1.21. The third kappa shape index (κ3) is 3.13. The summed E-state index contributed by atoms with van der Waals surface area (Å²) in [5, 5.41) is 2.56. The van der Waals surface area contributed by atoms with Crippen LogP contribution in [0.15, 0.2) is 60.7 Å². The molecule has 0 saturated heterocycles. The third-order valence-corrected chi connectivity index (χ3v) is 4.23. The van der Waals surface area contributed by atoms with E-state index in [-0.39, 0.29) is 0 Å². The van der Waals surface area contributed by atoms with E-state index in [1.54, 1.807) is 0 Å². The van der Waals surface area contributed by atoms with E-state index < -0.39 is 0 Å². The molecule has 0 bridgehead atoms. The molecule has 0 heterocycles. The van der Waals surface area contributed by atoms with Gasteiger partial charge < -0.3 is 9.80 Å². The van der Waals surface area contributed by atoms with Crippen molar-refractivity contribution in [1.29, 1.82) is 0 Å². The Bertz CT molecular complexity index is 862. The van der Waals surface area contributed by atoms with Gasteiger partial charge >= 0.3 is 0 Å². The molecule has 3 aromatic rings. The quantitative estimate of drug-likeness (QED) is 0.615. The van der Waals surface area contributed by atoms with E-state index in [0.29, 0.717) is 0 Å². The predicted octanol–water partition coefficient (Wildman–Crippen LogP) is 5.14. The Balaban J connectivity index is 2.15. The lowest BCUT2D eigenvalue weighted by atomic mass is 10.0. The molecule has 3 aromatic carbocycles. The van der Waals surface area contributed by atoms with E-state index in [0.717, 1.165) is 0 Å². The van der Waals surface area contributed by atoms with Crippen LogP contribution in [0.2, 0.25) is 0 Å². The number of nitrogens with zero attached hydrogens (tertiary/aromatic N) is 2. The number of benzene rings is 3. The lowest BCUT2D eigenvalue weighted by molar-refractivity contribution is 1.13. The first kappa shape index (κ1) is 16.1. The Morgan fingerprint density at radius 2 is 1.38 bits per heavy atom. The second kappa shape index (κ2) is 6.79. The highest BCUT2D eigenvalue weighted by Crippen LogP contribution is 2.35. The highest BCUT2D eigenvalue weighted by Gasteiger charge is 2.11. The zero-order chi connectivity index (χ0) is 17.1. The second-order valence-corrected chi connectivity index (χ2v) is 6.41. The monoisotopic (exact) mass is 316 g/mol. The molecule has 0 aromatic heterocycles. The minimum atomic E-state index is 1.21. The molecule has 0 spiro atoms. The van der Waals surface area contributed by atoms with Gasteiger partial charge in [-0.1, -0.05) is 66.7 Å². The van der Waals surface area contributed by atoms with Gasteiger partial charge in [0, 0.05) is 44.7 Å². The fraction of sp³-hybridized carbons (Fsp3) is 0.182. The van der Waals surface area contributed by atoms with Crippen molar-refractivity contribution < 1.29 is 0 Å². The van der Waals surface area contributed by atoms with Crippen molar-refractivity contribution in [1.82, 2.24) is 0 Å². The third-order valence-electron chi connectivity index (χ3n) is 4.23. The van der Waals surface area contributed by atoms with E-state index >= 15 is 0 Å². The number of fused-ring (bicyclic) bond motifs is 1. The van der Waals surface area contributed by atoms with Crippen LogP contribution in [-0.4, -0.2) is 28.2 Å². The molecule has 2 nitrogen and oxygen atoms in total. The van der Waals surface area contributed by atoms with Gasteiger partial charge in [-0.15, -0.1) is 0 Å². The molecule has 122 valence electrons. The molecule has 0 radical (unpaired) electrons. The SMILES string of the molecule is CN(C)c1cccc2c(N(C)C)c(C=Cc3ccccc3)ccc12. The zero-order valence-corrected chi connectivity index (χ0v) is 14.8. The molecule has 0 aliphatic rings. The van der Waals surface area contributed by atoms with Crippen LogP contribution in [-0.2, 0) is 0 Å². The van der Waals surface area contributed by atoms with Crippen molar-refractivity contribution in [3.63, 3.8) is 0 Å². The van der Waals surface area contributed by atoms with Gasteiger partial charge in [-0.3, -0.25) is 0 Å². The summed E-state index contributed by atoms with van der Waals surface area (Å²) in [6, 6.07) is 21.4. The van der Waals surface area contributed by atoms with Gasteiger partial charge in [0.25, 0.3) is 0 Å². The maximum absolute atomic E-state index is 2.22. The normalized spacial score (nSPS) is 11.2. The van der Waals surface area contributed by atoms with Crippen molar-refractivity contribution in [2.75, 3.05) is 38.0 Å². The van der Waals surface area contributed by atoms with Gasteiger partial charge in [0.15, 0.2) is 0 Å². The summed E-state index contributed by atoms with van der Waals surface area (Å²) >= 11 is 0. The van der Waals surface area contributed by atoms with Crippen LogP contribution in [0.5, 0.6) is 0 Å². The van der Waals surface area contributed by atoms with Gasteiger partial charge in [-0.25, -0.2) is 0 Å². The van der Waals surface area contributed by atoms with Crippen molar-refractivity contribution in [2.45, 2.75) is 0 Å². The lowest BCUT2D eigenvalue weighted by Crippen LogP contribution is -2.12. The van der Waals surface area contributed by atoms with Crippen molar-refractivity contribution in [3.8, 4) is 0 Å². The van der Waals surface area contributed by atoms with Crippen molar-refractivity contribution in [3.05, 3.63) is 71.8 Å². The molecule has 0 fully saturated rings. The minimum Gasteiger partial charge on any atom is -0.377 e. The molecule has 0 amide bonds. The summed E-state index contributed by atoms with van der Waals surface area (Å²) in [4.78, 5) is 4.37. The summed E-state index contributed by atoms with van der Waals surface area (Å²) in [7, 11) is 8.40. The summed E-state index contributed by atoms with van der Waals surface area (Å²) in [6.07, 6.45) is 4.37. The summed E-state index contributed by atoms with van der Waals surface area (Å²) in [5.41, 5.74) is 4.94. The summed E-state index contributed by atoms with van der Waals surface area (Å²) in [5.74, 6) is 0. The maximum atomic E-state index is 2.22. The Morgan fingerprint density at radius 3 is 2.04 bits per heavy atom. The molecule has 0 N–H and O–H groups in total. The van der Waals surface area contributed by atoms with Gasteiger partial charge in [0.1, 0.15) is 0 Å². The van der Waals surface area contributed by atoms with Crippen LogP contribution < -0.4 is 9.80 Å². The molecule has 2 heteroatoms. The van der Waals surface area contributed by atoms with Crippen LogP contribution in [0.3, 0.4) is 0 Å². The van der Waals surface area contributed by atoms with Crippen LogP contribution in [0.4, 0.5) is 11.4 Å². The van der Waals surface area contributed by atoms with Crippen LogP contribution in [0, 0.1) is 0 Å². The van der Waals surface area contributed by atoms with E-state index in [2.05, 4.69) is 105 Å². The first-order valence-corrected chi connectivity index (χ1v) is 8.21. The largest absolute Gasteiger partial charge is 0.377 e. The Hall–Kier alpha value is -2.74. The average molecular weight is 316 g/mol. The molecular weight excluding hydrogens is 292 g/mol. The maximum Gasteiger partial charge on any atom is 0.0515 e. The van der Waals surface area contributed by atoms with Crippen molar-refractivity contribution in [2.24, 2.45) is 0 Å². The van der Waals surface area contributed by atoms with Crippen molar-refractivity contribution >= 4 is 34.3 Å². The fourth-order valence-corrected chi connectivity index (χ4v) is 3.12. The summed E-state index contributed by atoms with van der Waals surface area (Å²) in [6.45, 7) is 0. The van der Waals surface area contributed by atoms with E-state index in [1.165, 1.54) is 33.3 Å². The smallest absolute Gasteiger partial charge is 0.0515 e. The molecule has 0 aliphatic carbocycles. The van der Waals surface area contributed by atoms with Gasteiger partial charge in [0.2, 0.25) is 0 Å². The fourth-order valence-electron chi connectivity index (χ4n) is 3.12. The first-order valence-electron chi connectivity index (χ1n) is 8.21. The average Bonchev–Trinajstić information content (AvgIpc) is 2.59. The van der Waals surface area contributed by atoms with Crippen LogP contribution in [0.25, 0.3) is 22.9 Å². The highest BCUT2D eigenvalue weighted by atomic mass is 15.1. The molecule has 0 aliphatic heterocycles. The standard InChI is InChI=1S/C22H24N2/c1-23(2)21-12-8-11-20-19(21)16-15-18(22(20)24(3)4)14-13-17-9-6-5-7-10-17/h5-16H,1-4H3. The Morgan fingerprint density at radius 1 is 0.625 bits per heavy atom. The predicted molar refractivity (Wildman–Crippen MR) is 108 cm³/mol. The molecule has 0 atom stereocenters. The lowest BCUT2D eigenvalue weighted by Gasteiger charge is -2.22. The second-order valence-electron chi connectivity index (χ2n) is 6.41. The molecular formula is C22H24N2. The number of rotatable bonds is 4. The topological polar surface area (TPSA) is 6.48 Å². The van der Waals surface area contributed by atoms with Gasteiger partial charge in [0.05, 0.1) is 5.69 Å². The van der Waals surface area contributed by atoms with E-state index in [1.807, 2.05) is 6.07 Å². The molecule has 0 saturated carbocycles. The van der Waals surface area contributed by atoms with Crippen LogP contribution in [0.1, 0.15) is 11.1 Å². The number of hydrogen-bond acceptors (Lipinski definition) is 2. The first-order chi connectivity index (χ1) is 11.6. The van der Waals surface area contributed by atoms with E-state index in [4.69, 9.17) is 0 Å². The van der Waals surface area contributed by atoms with Gasteiger partial charge in [-0.05, 0) is 17.2 Å². The van der Waals surface area contributed by atoms with Gasteiger partial charge in [-0.2, -0.15) is 0 Å². The summed E-state index contributed by atoms with van der Waals surface area (Å²) < 4.78 is 0. The number of anilines is 2. The van der Waals surface area contributed by atoms with Crippen LogP contribution >= 0.6 is 0 Å². The number of hydrogen-bond donors (Lipinski definition) is 0. The molecule has 3 rings (SSSR count).